The molecule has 0 aliphatic heterocycles. The van der Waals surface area contributed by atoms with Gasteiger partial charge in [0.1, 0.15) is 34.6 Å². The van der Waals surface area contributed by atoms with Crippen LogP contribution in [0.1, 0.15) is 28.1 Å². The quantitative estimate of drug-likeness (QED) is 0.0416. The minimum atomic E-state index is 0. The molecule has 0 N–H and O–H groups in total. The maximum Gasteiger partial charge on any atom is 1.00 e. The number of benzene rings is 1. The smallest absolute Gasteiger partial charge is 1.00 e. The molecule has 0 saturated carbocycles. The average Bonchev–Trinajstić information content (AvgIpc) is 2.92. The van der Waals surface area contributed by atoms with Crippen LogP contribution in [-0.2, 0) is 19.6 Å². The van der Waals surface area contributed by atoms with Crippen molar-refractivity contribution in [2.45, 2.75) is 19.6 Å². The van der Waals surface area contributed by atoms with Gasteiger partial charge in [0.15, 0.2) is 0 Å². The van der Waals surface area contributed by atoms with Gasteiger partial charge < -0.3 is 40.8 Å². The van der Waals surface area contributed by atoms with Gasteiger partial charge >= 0.3 is 411 Å². The molecule has 1 aromatic carbocycles. The van der Waals surface area contributed by atoms with Gasteiger partial charge in [-0.15, -0.1) is 101 Å². The molecular formula is C23H39K8N7S16. The van der Waals surface area contributed by atoms with Crippen molar-refractivity contribution in [2.24, 2.45) is 0 Å². The average molecular weight is 1240 g/mol. The monoisotopic (exact) mass is 1240 g/mol. The summed E-state index contributed by atoms with van der Waals surface area (Å²) in [4.78, 5) is 12.4. The van der Waals surface area contributed by atoms with Crippen molar-refractivity contribution < 1.29 is 422 Å². The number of hydrogen-bond acceptors (Lipinski definition) is 8. The standard InChI is InChI=1S/C23H31N7S16.8K.8H/c1-24(16(31)32)9-27(19(37)38)6-12-4-13(7-28(20(39)40)10-25(2)17(33)34)15(30(22(43)44)23(45)46)14(5-12)8-29(21(41)42)11-26(3)18(35)36;;;;;;;;;;;;;;;;/h4-5H,6-11H2,1-3H3,(H,31,32)(H,33,34)(H,35,36)(H,37,38)(H,39,40)(H,41,42)(H,43,44)(H,45,46);;;;;;;;;;;;;;;;/q;8*+1;8*-1. The maximum absolute atomic E-state index is 5.56. The van der Waals surface area contributed by atoms with Gasteiger partial charge in [-0.25, -0.2) is 0 Å². The van der Waals surface area contributed by atoms with Crippen molar-refractivity contribution in [2.75, 3.05) is 46.0 Å². The van der Waals surface area contributed by atoms with Gasteiger partial charge in [0.05, 0.1) is 25.7 Å². The number of hydrogen-bond donors (Lipinski definition) is 8. The van der Waals surface area contributed by atoms with E-state index in [1.165, 1.54) is 0 Å². The van der Waals surface area contributed by atoms with E-state index in [-0.39, 0.29) is 444 Å². The molecule has 0 spiro atoms. The first kappa shape index (κ1) is 85.2. The number of nitrogens with zero attached hydrogens (tertiary/aromatic N) is 7. The zero-order valence-electron chi connectivity index (χ0n) is 40.4. The van der Waals surface area contributed by atoms with Crippen molar-refractivity contribution in [3.05, 3.63) is 28.8 Å². The fourth-order valence-corrected chi connectivity index (χ4v) is 6.01. The first-order valence-electron chi connectivity index (χ1n) is 12.3. The second-order valence-electron chi connectivity index (χ2n) is 9.47. The Labute approximate surface area is 761 Å². The van der Waals surface area contributed by atoms with E-state index in [1.54, 1.807) is 33.7 Å². The second-order valence-corrected chi connectivity index (χ2v) is 18.4. The summed E-state index contributed by atoms with van der Waals surface area (Å²) in [5.74, 6) is 0. The van der Waals surface area contributed by atoms with Crippen LogP contribution in [0.25, 0.3) is 0 Å². The van der Waals surface area contributed by atoms with Gasteiger partial charge in [0, 0.05) is 40.8 Å². The van der Waals surface area contributed by atoms with E-state index in [0.717, 1.165) is 16.7 Å². The topological polar surface area (TPSA) is 22.7 Å². The molecule has 1 rings (SSSR count). The Morgan fingerprint density at radius 1 is 0.426 bits per heavy atom. The molecule has 1 aromatic rings. The van der Waals surface area contributed by atoms with Gasteiger partial charge in [0.2, 0.25) is 0 Å². The summed E-state index contributed by atoms with van der Waals surface area (Å²) in [6.45, 7) is 1.83. The first-order chi connectivity index (χ1) is 21.2. The Morgan fingerprint density at radius 3 is 0.870 bits per heavy atom. The molecule has 0 bridgehead atoms. The summed E-state index contributed by atoms with van der Waals surface area (Å²) in [7, 11) is 5.42. The van der Waals surface area contributed by atoms with Crippen LogP contribution >= 0.6 is 199 Å². The molecule has 0 aliphatic carbocycles. The molecule has 270 valence electrons. The van der Waals surface area contributed by atoms with E-state index < -0.39 is 0 Å². The fraction of sp³-hybridized carbons (Fsp3) is 0.391. The first-order valence-corrected chi connectivity index (χ1v) is 19.2. The molecule has 0 fully saturated rings. The van der Waals surface area contributed by atoms with Gasteiger partial charge in [-0.1, -0.05) is 110 Å². The molecule has 31 heteroatoms. The Balaban J connectivity index is -0.0000000945. The van der Waals surface area contributed by atoms with Crippen LogP contribution in [0.2, 0.25) is 0 Å². The third-order valence-corrected chi connectivity index (χ3v) is 10.3. The van der Waals surface area contributed by atoms with Crippen LogP contribution < -0.4 is 416 Å². The molecule has 0 saturated heterocycles. The summed E-state index contributed by atoms with van der Waals surface area (Å²) in [5.41, 5.74) is 3.03. The molecule has 0 atom stereocenters. The second kappa shape index (κ2) is 47.2. The molecule has 0 aromatic heterocycles. The summed E-state index contributed by atoms with van der Waals surface area (Å²) in [5, 5.41) is 0. The predicted molar refractivity (Wildman–Crippen MR) is 265 cm³/mol. The number of anilines is 1. The van der Waals surface area contributed by atoms with Crippen LogP contribution in [0.4, 0.5) is 5.69 Å². The van der Waals surface area contributed by atoms with Gasteiger partial charge in [0.25, 0.3) is 0 Å². The molecule has 54 heavy (non-hydrogen) atoms. The summed E-state index contributed by atoms with van der Waals surface area (Å²) in [6.07, 6.45) is 0. The van der Waals surface area contributed by atoms with E-state index >= 15 is 0 Å². The SMILES string of the molecule is CN(CN(Cc1cc(CN(CN(C)C(=S)S)C(=S)S)c(N(C(=S)S)C(=S)S)c(CN(CN(C)C(=S)S)C(=S)S)c1)C(=S)S)C(=S)S.[H-].[H-].[H-].[H-].[H-].[H-].[H-].[H-].[K+].[K+].[K+].[K+].[K+].[K+].[K+].[K+]. The van der Waals surface area contributed by atoms with Crippen LogP contribution in [0.3, 0.4) is 0 Å². The number of thiocarbonyl (C=S) groups is 8. The Kier molecular flexibility index (Phi) is 74.4. The molecule has 0 radical (unpaired) electrons. The third-order valence-electron chi connectivity index (χ3n) is 5.97. The normalized spacial score (nSPS) is 8.87. The van der Waals surface area contributed by atoms with Crippen LogP contribution in [0, 0.1) is 0 Å². The molecule has 7 nitrogen and oxygen atoms in total. The molecule has 0 unspecified atom stereocenters. The predicted octanol–water partition coefficient (Wildman–Crippen LogP) is -16.8. The Bertz CT molecular complexity index is 1380. The zero-order valence-corrected chi connectivity index (χ0v) is 71.0. The molecule has 0 amide bonds. The molecule has 0 heterocycles. The van der Waals surface area contributed by atoms with Crippen molar-refractivity contribution in [3.8, 4) is 0 Å². The van der Waals surface area contributed by atoms with Gasteiger partial charge in [-0.3, -0.25) is 4.90 Å². The summed E-state index contributed by atoms with van der Waals surface area (Å²) in [6, 6.07) is 4.00. The van der Waals surface area contributed by atoms with Gasteiger partial charge in [-0.05, 0) is 16.7 Å². The Morgan fingerprint density at radius 2 is 0.667 bits per heavy atom. The van der Waals surface area contributed by atoms with E-state index in [1.807, 2.05) is 33.9 Å². The van der Waals surface area contributed by atoms with Crippen molar-refractivity contribution >= 4 is 239 Å². The minimum Gasteiger partial charge on any atom is -1.00 e. The maximum atomic E-state index is 5.56. The van der Waals surface area contributed by atoms with Crippen LogP contribution in [-0.4, -0.2) is 105 Å². The van der Waals surface area contributed by atoms with Crippen LogP contribution in [0.15, 0.2) is 12.1 Å². The van der Waals surface area contributed by atoms with Crippen molar-refractivity contribution in [1.82, 2.24) is 29.4 Å². The Hall–Kier alpha value is 14.4. The van der Waals surface area contributed by atoms with Crippen LogP contribution in [0.5, 0.6) is 0 Å². The van der Waals surface area contributed by atoms with Crippen molar-refractivity contribution in [3.63, 3.8) is 0 Å². The number of thiol groups is 8. The van der Waals surface area contributed by atoms with E-state index in [2.05, 4.69) is 101 Å². The summed E-state index contributed by atoms with van der Waals surface area (Å²) < 4.78 is 2.54. The zero-order chi connectivity index (χ0) is 35.6. The van der Waals surface area contributed by atoms with E-state index in [9.17, 15) is 0 Å². The fourth-order valence-electron chi connectivity index (χ4n) is 3.84. The van der Waals surface area contributed by atoms with Crippen molar-refractivity contribution in [1.29, 1.82) is 0 Å². The number of rotatable bonds is 13. The van der Waals surface area contributed by atoms with E-state index in [4.69, 9.17) is 97.7 Å². The van der Waals surface area contributed by atoms with E-state index in [0.29, 0.717) is 58.2 Å². The minimum absolute atomic E-state index is 0. The van der Waals surface area contributed by atoms with Gasteiger partial charge in [-0.2, -0.15) is 0 Å². The summed E-state index contributed by atoms with van der Waals surface area (Å²) >= 11 is 78.9. The molecule has 0 aliphatic rings. The third kappa shape index (κ3) is 34.8. The molecular weight excluding hydrogens is 1200 g/mol. The largest absolute Gasteiger partial charge is 1.00 e.